The van der Waals surface area contributed by atoms with Crippen molar-refractivity contribution in [2.45, 2.75) is 23.9 Å². The van der Waals surface area contributed by atoms with Crippen LogP contribution in [0.2, 0.25) is 0 Å². The number of hydrogen-bond donors (Lipinski definition) is 2. The number of nitrogens with zero attached hydrogens (tertiary/aromatic N) is 2. The summed E-state index contributed by atoms with van der Waals surface area (Å²) in [5.41, 5.74) is 9.35. The Labute approximate surface area is 262 Å². The minimum absolute atomic E-state index is 0.122. The molecule has 6 rings (SSSR count). The molecule has 3 heterocycles. The number of ether oxygens (including phenoxy) is 1. The zero-order chi connectivity index (χ0) is 29.9. The third kappa shape index (κ3) is 5.96. The van der Waals surface area contributed by atoms with E-state index in [0.717, 1.165) is 16.7 Å². The number of β-lactam (4-membered cyclic amide) rings is 1. The van der Waals surface area contributed by atoms with Crippen molar-refractivity contribution >= 4 is 63.7 Å². The minimum Gasteiger partial charge on any atom is -0.469 e. The molecule has 0 radical (unpaired) electrons. The zero-order valence-corrected chi connectivity index (χ0v) is 25.2. The number of fused-ring (bicyclic) bond motifs is 1. The summed E-state index contributed by atoms with van der Waals surface area (Å²) in [5, 5.41) is 4.77. The van der Waals surface area contributed by atoms with Crippen LogP contribution in [0, 0.1) is 0 Å². The van der Waals surface area contributed by atoms with E-state index in [4.69, 9.17) is 22.7 Å². The summed E-state index contributed by atoms with van der Waals surface area (Å²) in [6.07, 6.45) is -0.366. The Morgan fingerprint density at radius 2 is 1.60 bits per heavy atom. The summed E-state index contributed by atoms with van der Waals surface area (Å²) in [5.74, 6) is -0.732. The Bertz CT molecular complexity index is 1670. The Hall–Kier alpha value is -4.32. The molecule has 2 aliphatic rings. The fraction of sp³-hybridized carbons (Fsp3) is 0.156. The molecular weight excluding hydrogens is 601 g/mol. The van der Waals surface area contributed by atoms with Gasteiger partial charge in [0.25, 0.3) is 11.8 Å². The van der Waals surface area contributed by atoms with Gasteiger partial charge in [-0.05, 0) is 28.9 Å². The fourth-order valence-electron chi connectivity index (χ4n) is 5.05. The van der Waals surface area contributed by atoms with Crippen molar-refractivity contribution in [2.24, 2.45) is 5.73 Å². The third-order valence-corrected chi connectivity index (χ3v) is 9.60. The van der Waals surface area contributed by atoms with Gasteiger partial charge in [-0.15, -0.1) is 23.1 Å². The quantitative estimate of drug-likeness (QED) is 0.204. The van der Waals surface area contributed by atoms with E-state index in [2.05, 4.69) is 10.3 Å². The molecule has 2 aliphatic heterocycles. The maximum Gasteiger partial charge on any atom is 0.268 e. The molecular formula is C32H26N4O4S3. The lowest BCUT2D eigenvalue weighted by molar-refractivity contribution is -0.145. The van der Waals surface area contributed by atoms with Gasteiger partial charge in [0.15, 0.2) is 0 Å². The molecule has 1 aromatic heterocycles. The maximum atomic E-state index is 13.7. The number of rotatable bonds is 9. The number of thiocarbonyl (C=S) groups is 1. The predicted octanol–water partition coefficient (Wildman–Crippen LogP) is 4.73. The van der Waals surface area contributed by atoms with Gasteiger partial charge in [-0.3, -0.25) is 19.3 Å². The van der Waals surface area contributed by atoms with Crippen LogP contribution < -0.4 is 11.1 Å². The van der Waals surface area contributed by atoms with Crippen LogP contribution in [0.1, 0.15) is 38.3 Å². The summed E-state index contributed by atoms with van der Waals surface area (Å²) in [6.45, 7) is 0. The van der Waals surface area contributed by atoms with Crippen molar-refractivity contribution in [1.29, 1.82) is 0 Å². The van der Waals surface area contributed by atoms with Crippen molar-refractivity contribution < 1.29 is 19.1 Å². The van der Waals surface area contributed by atoms with E-state index in [1.165, 1.54) is 23.1 Å². The van der Waals surface area contributed by atoms with Crippen LogP contribution in [0.25, 0.3) is 5.57 Å². The van der Waals surface area contributed by atoms with E-state index < -0.39 is 18.1 Å². The van der Waals surface area contributed by atoms with Gasteiger partial charge in [0, 0.05) is 16.7 Å². The molecule has 0 unspecified atom stereocenters. The Kier molecular flexibility index (Phi) is 8.37. The molecule has 0 aliphatic carbocycles. The molecule has 8 nitrogen and oxygen atoms in total. The summed E-state index contributed by atoms with van der Waals surface area (Å²) in [7, 11) is 0. The van der Waals surface area contributed by atoms with Crippen LogP contribution in [-0.2, 0) is 20.7 Å². The average Bonchev–Trinajstić information content (AvgIpc) is 3.54. The van der Waals surface area contributed by atoms with Gasteiger partial charge in [0.05, 0.1) is 6.42 Å². The fourth-order valence-corrected chi connectivity index (χ4v) is 7.66. The molecule has 2 atom stereocenters. The van der Waals surface area contributed by atoms with Crippen LogP contribution in [-0.4, -0.2) is 49.8 Å². The van der Waals surface area contributed by atoms with Gasteiger partial charge < -0.3 is 15.8 Å². The summed E-state index contributed by atoms with van der Waals surface area (Å²) in [4.78, 5) is 44.4. The molecule has 1 saturated heterocycles. The van der Waals surface area contributed by atoms with Crippen LogP contribution in [0.3, 0.4) is 0 Å². The molecule has 43 heavy (non-hydrogen) atoms. The highest BCUT2D eigenvalue weighted by Crippen LogP contribution is 2.45. The number of nitrogens with two attached hydrogens (primary N) is 1. The Morgan fingerprint density at radius 1 is 1.00 bits per heavy atom. The smallest absolute Gasteiger partial charge is 0.268 e. The maximum absolute atomic E-state index is 13.7. The van der Waals surface area contributed by atoms with E-state index in [-0.39, 0.29) is 34.4 Å². The molecule has 0 spiro atoms. The zero-order valence-electron chi connectivity index (χ0n) is 22.7. The molecule has 0 bridgehead atoms. The van der Waals surface area contributed by atoms with E-state index in [1.807, 2.05) is 91.0 Å². The topological polar surface area (TPSA) is 115 Å². The van der Waals surface area contributed by atoms with E-state index >= 15 is 0 Å². The van der Waals surface area contributed by atoms with E-state index in [9.17, 15) is 14.4 Å². The summed E-state index contributed by atoms with van der Waals surface area (Å²) < 4.78 is 6.53. The van der Waals surface area contributed by atoms with Crippen LogP contribution in [0.5, 0.6) is 0 Å². The number of thiazole rings is 1. The average molecular weight is 627 g/mol. The highest BCUT2D eigenvalue weighted by molar-refractivity contribution is 8.00. The lowest BCUT2D eigenvalue weighted by Gasteiger charge is -2.50. The van der Waals surface area contributed by atoms with Crippen LogP contribution >= 0.6 is 35.3 Å². The van der Waals surface area contributed by atoms with Gasteiger partial charge in [-0.1, -0.05) is 91.0 Å². The number of carbonyl (C=O) groups excluding carboxylic acids is 3. The van der Waals surface area contributed by atoms with Crippen molar-refractivity contribution in [3.63, 3.8) is 0 Å². The van der Waals surface area contributed by atoms with Crippen LogP contribution in [0.4, 0.5) is 0 Å². The van der Waals surface area contributed by atoms with E-state index in [0.29, 0.717) is 22.0 Å². The van der Waals surface area contributed by atoms with Crippen molar-refractivity contribution in [1.82, 2.24) is 15.2 Å². The second kappa shape index (κ2) is 12.5. The second-order valence-electron chi connectivity index (χ2n) is 9.95. The first-order valence-electron chi connectivity index (χ1n) is 13.5. The molecule has 3 N–H and O–H groups in total. The number of aromatic nitrogens is 1. The highest BCUT2D eigenvalue weighted by atomic mass is 32.2. The lowest BCUT2D eigenvalue weighted by atomic mass is 10.0. The van der Waals surface area contributed by atoms with Gasteiger partial charge in [-0.25, -0.2) is 4.98 Å². The second-order valence-corrected chi connectivity index (χ2v) is 12.3. The largest absolute Gasteiger partial charge is 0.469 e. The first kappa shape index (κ1) is 28.8. The standard InChI is InChI=1S/C32H26N4O4S3/c33-28(38)23-18-42-29(34-23)22-17-43-31-25(35-24(37)16-19-10-4-1-5-11-19)30(39)36(31)26(22)32(41)40-27(20-12-6-2-7-13-20)21-14-8-3-9-15-21/h1-15,18,25,27,31H,16-17H2,(H2,33,38)(H,35,37)/t25-,31-/m1/s1. The summed E-state index contributed by atoms with van der Waals surface area (Å²) in [6, 6.07) is 28.1. The first-order valence-corrected chi connectivity index (χ1v) is 15.8. The molecule has 1 fully saturated rings. The van der Waals surface area contributed by atoms with Crippen molar-refractivity contribution in [3.8, 4) is 0 Å². The van der Waals surface area contributed by atoms with Crippen LogP contribution in [0.15, 0.2) is 102 Å². The Morgan fingerprint density at radius 3 is 2.19 bits per heavy atom. The number of amides is 3. The molecule has 3 aromatic carbocycles. The van der Waals surface area contributed by atoms with Crippen molar-refractivity contribution in [3.05, 3.63) is 129 Å². The number of carbonyl (C=O) groups is 3. The number of thioether (sulfide) groups is 1. The number of benzene rings is 3. The molecule has 11 heteroatoms. The predicted molar refractivity (Wildman–Crippen MR) is 171 cm³/mol. The monoisotopic (exact) mass is 626 g/mol. The highest BCUT2D eigenvalue weighted by Gasteiger charge is 2.54. The number of hydrogen-bond acceptors (Lipinski definition) is 8. The summed E-state index contributed by atoms with van der Waals surface area (Å²) >= 11 is 8.68. The number of primary amides is 1. The molecule has 0 saturated carbocycles. The van der Waals surface area contributed by atoms with Gasteiger partial charge >= 0.3 is 0 Å². The number of nitrogens with one attached hydrogen (secondary N) is 1. The first-order chi connectivity index (χ1) is 20.9. The van der Waals surface area contributed by atoms with E-state index in [1.54, 1.807) is 10.3 Å². The van der Waals surface area contributed by atoms with Gasteiger partial charge in [0.2, 0.25) is 11.0 Å². The van der Waals surface area contributed by atoms with Gasteiger partial charge in [-0.2, -0.15) is 0 Å². The molecule has 216 valence electrons. The third-order valence-electron chi connectivity index (χ3n) is 7.13. The normalized spacial score (nSPS) is 17.7. The van der Waals surface area contributed by atoms with Crippen molar-refractivity contribution in [2.75, 3.05) is 5.75 Å². The minimum atomic E-state index is -0.711. The molecule has 3 amide bonds. The molecule has 4 aromatic rings. The van der Waals surface area contributed by atoms with Gasteiger partial charge in [0.1, 0.15) is 33.9 Å². The SMILES string of the molecule is NC(=O)c1csc(C2=C(C(=S)OC(c3ccccc3)c3ccccc3)N3C(=O)[C@@H](NC(=O)Cc4ccccc4)[C@H]3SC2)n1. The lowest BCUT2D eigenvalue weighted by Crippen LogP contribution is -2.70. The Balaban J connectivity index is 1.32.